The van der Waals surface area contributed by atoms with E-state index >= 15 is 0 Å². The van der Waals surface area contributed by atoms with Gasteiger partial charge in [0.25, 0.3) is 0 Å². The van der Waals surface area contributed by atoms with Crippen molar-refractivity contribution in [2.24, 2.45) is 7.05 Å². The maximum atomic E-state index is 12.3. The summed E-state index contributed by atoms with van der Waals surface area (Å²) in [7, 11) is 1.90. The lowest BCUT2D eigenvalue weighted by atomic mass is 9.92. The zero-order chi connectivity index (χ0) is 27.1. The van der Waals surface area contributed by atoms with Crippen molar-refractivity contribution in [2.75, 3.05) is 11.4 Å². The van der Waals surface area contributed by atoms with Crippen LogP contribution in [0, 0.1) is 0 Å². The normalized spacial score (nSPS) is 16.3. The molecule has 7 nitrogen and oxygen atoms in total. The zero-order valence-corrected chi connectivity index (χ0v) is 22.8. The summed E-state index contributed by atoms with van der Waals surface area (Å²) in [6.45, 7) is 5.19. The molecular weight excluding hydrogens is 510 g/mol. The van der Waals surface area contributed by atoms with E-state index in [1.54, 1.807) is 11.1 Å². The van der Waals surface area contributed by atoms with E-state index in [1.807, 2.05) is 29.8 Å². The van der Waals surface area contributed by atoms with Crippen molar-refractivity contribution in [3.05, 3.63) is 106 Å². The molecule has 1 N–H and O–H groups in total. The Hall–Kier alpha value is -3.94. The quantitative estimate of drug-likeness (QED) is 0.333. The van der Waals surface area contributed by atoms with E-state index in [-0.39, 0.29) is 18.2 Å². The third-order valence-electron chi connectivity index (χ3n) is 7.80. The van der Waals surface area contributed by atoms with Gasteiger partial charge in [-0.05, 0) is 39.9 Å². The lowest BCUT2D eigenvalue weighted by Crippen LogP contribution is -2.50. The highest BCUT2D eigenvalue weighted by Crippen LogP contribution is 2.32. The molecule has 0 radical (unpaired) electrons. The Morgan fingerprint density at radius 1 is 1.00 bits per heavy atom. The van der Waals surface area contributed by atoms with Crippen LogP contribution in [0.3, 0.4) is 0 Å². The number of hydrogen-bond acceptors (Lipinski definition) is 4. The second kappa shape index (κ2) is 10.3. The standard InChI is InChI=1S/C31H30ClN5O2/c1-20(26-5-3-4-6-27(26)32)22-9-7-21(8-10-22)17-36-18-24-12-11-23(15-25(24)19-36)30-33-16-29(35(30)2)37-14-13-28(38)34-31(37)39/h3-12,15-16,20H,13-14,17-19H2,1-2H3,(H,34,38,39)/t20-/m0/s1. The van der Waals surface area contributed by atoms with E-state index in [4.69, 9.17) is 11.6 Å². The van der Waals surface area contributed by atoms with Crippen LogP contribution in [0.15, 0.2) is 72.9 Å². The van der Waals surface area contributed by atoms with Gasteiger partial charge in [-0.2, -0.15) is 0 Å². The highest BCUT2D eigenvalue weighted by molar-refractivity contribution is 6.31. The number of rotatable bonds is 6. The lowest BCUT2D eigenvalue weighted by molar-refractivity contribution is -0.120. The summed E-state index contributed by atoms with van der Waals surface area (Å²) in [6.07, 6.45) is 1.98. The third kappa shape index (κ3) is 4.95. The van der Waals surface area contributed by atoms with Crippen molar-refractivity contribution in [1.29, 1.82) is 0 Å². The number of aromatic nitrogens is 2. The predicted molar refractivity (Wildman–Crippen MR) is 153 cm³/mol. The Balaban J connectivity index is 1.13. The fraction of sp³-hybridized carbons (Fsp3) is 0.258. The Morgan fingerprint density at radius 2 is 1.77 bits per heavy atom. The van der Waals surface area contributed by atoms with Gasteiger partial charge in [0.1, 0.15) is 11.6 Å². The van der Waals surface area contributed by atoms with Crippen LogP contribution < -0.4 is 10.2 Å². The number of benzene rings is 3. The lowest BCUT2D eigenvalue weighted by Gasteiger charge is -2.26. The average molecular weight is 540 g/mol. The highest BCUT2D eigenvalue weighted by atomic mass is 35.5. The summed E-state index contributed by atoms with van der Waals surface area (Å²) >= 11 is 6.42. The second-order valence-electron chi connectivity index (χ2n) is 10.4. The van der Waals surface area contributed by atoms with Crippen molar-refractivity contribution in [1.82, 2.24) is 19.8 Å². The van der Waals surface area contributed by atoms with Crippen LogP contribution in [0.25, 0.3) is 11.4 Å². The number of hydrogen-bond donors (Lipinski definition) is 1. The number of imide groups is 1. The number of carbonyl (C=O) groups excluding carboxylic acids is 2. The molecule has 2 aliphatic rings. The maximum absolute atomic E-state index is 12.3. The number of fused-ring (bicyclic) bond motifs is 1. The van der Waals surface area contributed by atoms with Gasteiger partial charge in [-0.15, -0.1) is 0 Å². The Bertz CT molecular complexity index is 1560. The monoisotopic (exact) mass is 539 g/mol. The Kier molecular flexibility index (Phi) is 6.71. The number of amides is 3. The van der Waals surface area contributed by atoms with Gasteiger partial charge in [0.05, 0.1) is 6.20 Å². The molecule has 1 fully saturated rings. The molecular formula is C31H30ClN5O2. The first kappa shape index (κ1) is 25.3. The molecule has 198 valence electrons. The fourth-order valence-corrected chi connectivity index (χ4v) is 5.89. The smallest absolute Gasteiger partial charge is 0.314 e. The number of nitrogens with zero attached hydrogens (tertiary/aromatic N) is 4. The molecule has 3 heterocycles. The molecule has 0 spiro atoms. The van der Waals surface area contributed by atoms with Gasteiger partial charge in [0, 0.05) is 56.2 Å². The van der Waals surface area contributed by atoms with Crippen LogP contribution in [-0.4, -0.2) is 32.9 Å². The van der Waals surface area contributed by atoms with Crippen molar-refractivity contribution in [2.45, 2.75) is 38.9 Å². The summed E-state index contributed by atoms with van der Waals surface area (Å²) in [5.74, 6) is 1.45. The van der Waals surface area contributed by atoms with Crippen molar-refractivity contribution >= 4 is 29.4 Å². The highest BCUT2D eigenvalue weighted by Gasteiger charge is 2.27. The largest absolute Gasteiger partial charge is 0.329 e. The molecule has 0 bridgehead atoms. The molecule has 0 unspecified atom stereocenters. The van der Waals surface area contributed by atoms with E-state index in [0.717, 1.165) is 41.6 Å². The summed E-state index contributed by atoms with van der Waals surface area (Å²) in [5, 5.41) is 3.18. The molecule has 1 aromatic heterocycles. The van der Waals surface area contributed by atoms with Crippen LogP contribution in [0.2, 0.25) is 5.02 Å². The van der Waals surface area contributed by atoms with E-state index in [1.165, 1.54) is 22.3 Å². The van der Waals surface area contributed by atoms with Crippen LogP contribution >= 0.6 is 11.6 Å². The number of imidazole rings is 1. The van der Waals surface area contributed by atoms with Gasteiger partial charge in [0.2, 0.25) is 5.91 Å². The number of nitrogens with one attached hydrogen (secondary N) is 1. The van der Waals surface area contributed by atoms with E-state index in [0.29, 0.717) is 12.4 Å². The van der Waals surface area contributed by atoms with Crippen molar-refractivity contribution < 1.29 is 9.59 Å². The third-order valence-corrected chi connectivity index (χ3v) is 8.15. The predicted octanol–water partition coefficient (Wildman–Crippen LogP) is 5.85. The van der Waals surface area contributed by atoms with Gasteiger partial charge in [0.15, 0.2) is 0 Å². The second-order valence-corrected chi connectivity index (χ2v) is 10.8. The van der Waals surface area contributed by atoms with E-state index in [9.17, 15) is 9.59 Å². The fourth-order valence-electron chi connectivity index (χ4n) is 5.59. The SMILES string of the molecule is C[C@@H](c1ccc(CN2Cc3ccc(-c4ncc(N5CCC(=O)NC5=O)n4C)cc3C2)cc1)c1ccccc1Cl. The van der Waals surface area contributed by atoms with Crippen LogP contribution in [0.5, 0.6) is 0 Å². The van der Waals surface area contributed by atoms with Crippen LogP contribution in [-0.2, 0) is 31.5 Å². The minimum atomic E-state index is -0.406. The topological polar surface area (TPSA) is 70.5 Å². The molecule has 8 heteroatoms. The van der Waals surface area contributed by atoms with Gasteiger partial charge in [-0.1, -0.05) is 73.1 Å². The van der Waals surface area contributed by atoms with Gasteiger partial charge in [-0.25, -0.2) is 9.78 Å². The number of carbonyl (C=O) groups is 2. The van der Waals surface area contributed by atoms with Crippen molar-refractivity contribution in [3.63, 3.8) is 0 Å². The summed E-state index contributed by atoms with van der Waals surface area (Å²) in [6, 6.07) is 23.0. The Labute approximate surface area is 233 Å². The van der Waals surface area contributed by atoms with Crippen LogP contribution in [0.4, 0.5) is 10.6 Å². The van der Waals surface area contributed by atoms with Crippen LogP contribution in [0.1, 0.15) is 47.1 Å². The average Bonchev–Trinajstić information content (AvgIpc) is 3.51. The molecule has 39 heavy (non-hydrogen) atoms. The first-order chi connectivity index (χ1) is 18.9. The zero-order valence-electron chi connectivity index (χ0n) is 22.0. The first-order valence-corrected chi connectivity index (χ1v) is 13.6. The van der Waals surface area contributed by atoms with Gasteiger partial charge < -0.3 is 4.57 Å². The molecule has 3 amide bonds. The molecule has 0 aliphatic carbocycles. The molecule has 4 aromatic rings. The van der Waals surface area contributed by atoms with Gasteiger partial charge >= 0.3 is 6.03 Å². The Morgan fingerprint density at radius 3 is 2.54 bits per heavy atom. The van der Waals surface area contributed by atoms with E-state index in [2.05, 4.69) is 70.7 Å². The first-order valence-electron chi connectivity index (χ1n) is 13.2. The molecule has 6 rings (SSSR count). The number of halogens is 1. The van der Waals surface area contributed by atoms with Gasteiger partial charge in [-0.3, -0.25) is 19.9 Å². The van der Waals surface area contributed by atoms with E-state index < -0.39 is 6.03 Å². The summed E-state index contributed by atoms with van der Waals surface area (Å²) in [5.41, 5.74) is 7.31. The summed E-state index contributed by atoms with van der Waals surface area (Å²) < 4.78 is 1.91. The molecule has 2 aliphatic heterocycles. The molecule has 1 saturated heterocycles. The number of anilines is 1. The molecule has 1 atom stereocenters. The minimum absolute atomic E-state index is 0.237. The van der Waals surface area contributed by atoms with Crippen molar-refractivity contribution in [3.8, 4) is 11.4 Å². The minimum Gasteiger partial charge on any atom is -0.314 e. The molecule has 3 aromatic carbocycles. The number of urea groups is 1. The summed E-state index contributed by atoms with van der Waals surface area (Å²) in [4.78, 5) is 32.5. The molecule has 0 saturated carbocycles. The maximum Gasteiger partial charge on any atom is 0.329 e.